The number of halogens is 1. The number of hydrogen-bond acceptors (Lipinski definition) is 3. The fraction of sp³-hybridized carbons (Fsp3) is 0.312. The third-order valence-corrected chi connectivity index (χ3v) is 3.89. The van der Waals surface area contributed by atoms with Crippen molar-refractivity contribution >= 4 is 21.6 Å². The fourth-order valence-corrected chi connectivity index (χ4v) is 2.57. The first-order valence-electron chi connectivity index (χ1n) is 6.52. The van der Waals surface area contributed by atoms with Crippen LogP contribution in [0.2, 0.25) is 0 Å². The van der Waals surface area contributed by atoms with Gasteiger partial charge in [0, 0.05) is 27.5 Å². The molecule has 0 atom stereocenters. The summed E-state index contributed by atoms with van der Waals surface area (Å²) in [4.78, 5) is 4.50. The molecule has 0 unspecified atom stereocenters. The van der Waals surface area contributed by atoms with Gasteiger partial charge in [0.1, 0.15) is 5.75 Å². The lowest BCUT2D eigenvalue weighted by atomic mass is 10.1. The van der Waals surface area contributed by atoms with E-state index in [1.165, 1.54) is 5.56 Å². The van der Waals surface area contributed by atoms with Gasteiger partial charge in [-0.3, -0.25) is 4.98 Å². The highest BCUT2D eigenvalue weighted by atomic mass is 79.9. The molecule has 0 amide bonds. The summed E-state index contributed by atoms with van der Waals surface area (Å²) in [6.07, 6.45) is 1.86. The van der Waals surface area contributed by atoms with E-state index >= 15 is 0 Å². The van der Waals surface area contributed by atoms with Crippen molar-refractivity contribution in [2.45, 2.75) is 27.3 Å². The van der Waals surface area contributed by atoms with Gasteiger partial charge in [-0.2, -0.15) is 0 Å². The Morgan fingerprint density at radius 2 is 1.95 bits per heavy atom. The number of hydrogen-bond donors (Lipinski definition) is 1. The van der Waals surface area contributed by atoms with Crippen LogP contribution in [-0.2, 0) is 6.54 Å². The van der Waals surface area contributed by atoms with E-state index < -0.39 is 0 Å². The van der Waals surface area contributed by atoms with Crippen LogP contribution in [0, 0.1) is 20.8 Å². The van der Waals surface area contributed by atoms with Gasteiger partial charge in [-0.15, -0.1) is 0 Å². The Hall–Kier alpha value is -1.55. The summed E-state index contributed by atoms with van der Waals surface area (Å²) in [5.74, 6) is 0.919. The number of methoxy groups -OCH3 is 1. The molecule has 0 aliphatic rings. The van der Waals surface area contributed by atoms with Crippen molar-refractivity contribution in [3.63, 3.8) is 0 Å². The Morgan fingerprint density at radius 1 is 1.20 bits per heavy atom. The Balaban J connectivity index is 2.21. The number of aromatic nitrogens is 1. The number of pyridine rings is 1. The first-order valence-corrected chi connectivity index (χ1v) is 7.31. The molecule has 2 aromatic rings. The molecule has 0 saturated carbocycles. The summed E-state index contributed by atoms with van der Waals surface area (Å²) in [7, 11) is 1.70. The smallest absolute Gasteiger partial charge is 0.128 e. The number of ether oxygens (including phenoxy) is 1. The fourth-order valence-electron chi connectivity index (χ4n) is 2.21. The van der Waals surface area contributed by atoms with Gasteiger partial charge in [-0.05, 0) is 38.5 Å². The van der Waals surface area contributed by atoms with Gasteiger partial charge in [0.2, 0.25) is 0 Å². The molecule has 0 aliphatic carbocycles. The third-order valence-electron chi connectivity index (χ3n) is 3.40. The predicted octanol–water partition coefficient (Wildman–Crippen LogP) is 4.39. The molecule has 0 fully saturated rings. The second kappa shape index (κ2) is 6.27. The number of anilines is 1. The molecule has 106 valence electrons. The summed E-state index contributed by atoms with van der Waals surface area (Å²) in [5.41, 5.74) is 5.48. The largest absolute Gasteiger partial charge is 0.496 e. The molecule has 1 aromatic heterocycles. The quantitative estimate of drug-likeness (QED) is 0.900. The van der Waals surface area contributed by atoms with Gasteiger partial charge in [0.25, 0.3) is 0 Å². The van der Waals surface area contributed by atoms with Crippen molar-refractivity contribution in [1.29, 1.82) is 0 Å². The Kier molecular flexibility index (Phi) is 4.65. The van der Waals surface area contributed by atoms with E-state index in [4.69, 9.17) is 4.74 Å². The van der Waals surface area contributed by atoms with Crippen molar-refractivity contribution in [2.75, 3.05) is 12.4 Å². The molecule has 0 spiro atoms. The molecule has 0 bridgehead atoms. The Bertz CT molecular complexity index is 626. The highest BCUT2D eigenvalue weighted by molar-refractivity contribution is 9.10. The minimum absolute atomic E-state index is 0.680. The van der Waals surface area contributed by atoms with Crippen molar-refractivity contribution in [3.05, 3.63) is 51.3 Å². The van der Waals surface area contributed by atoms with Crippen LogP contribution in [0.25, 0.3) is 0 Å². The first kappa shape index (κ1) is 14.9. The summed E-state index contributed by atoms with van der Waals surface area (Å²) < 4.78 is 6.50. The zero-order valence-corrected chi connectivity index (χ0v) is 13.8. The van der Waals surface area contributed by atoms with Crippen LogP contribution < -0.4 is 10.1 Å². The van der Waals surface area contributed by atoms with Crippen LogP contribution in [-0.4, -0.2) is 12.1 Å². The van der Waals surface area contributed by atoms with Crippen LogP contribution in [0.4, 0.5) is 5.69 Å². The predicted molar refractivity (Wildman–Crippen MR) is 86.5 cm³/mol. The lowest BCUT2D eigenvalue weighted by Crippen LogP contribution is -2.06. The van der Waals surface area contributed by atoms with E-state index in [9.17, 15) is 0 Å². The van der Waals surface area contributed by atoms with E-state index in [1.54, 1.807) is 7.11 Å². The maximum Gasteiger partial charge on any atom is 0.128 e. The Morgan fingerprint density at radius 3 is 2.65 bits per heavy atom. The summed E-state index contributed by atoms with van der Waals surface area (Å²) >= 11 is 3.49. The maximum atomic E-state index is 5.44. The number of rotatable bonds is 4. The average molecular weight is 335 g/mol. The van der Waals surface area contributed by atoms with Crippen LogP contribution in [0.15, 0.2) is 28.9 Å². The SMILES string of the molecule is COc1c(C)cnc(CNc2cc(Br)ccc2C)c1C. The molecule has 1 aromatic carbocycles. The summed E-state index contributed by atoms with van der Waals surface area (Å²) in [5, 5.41) is 3.43. The normalized spacial score (nSPS) is 10.4. The summed E-state index contributed by atoms with van der Waals surface area (Å²) in [6, 6.07) is 6.21. The second-order valence-corrected chi connectivity index (χ2v) is 5.77. The molecule has 3 nitrogen and oxygen atoms in total. The van der Waals surface area contributed by atoms with Crippen molar-refractivity contribution in [2.24, 2.45) is 0 Å². The van der Waals surface area contributed by atoms with Gasteiger partial charge in [-0.1, -0.05) is 22.0 Å². The highest BCUT2D eigenvalue weighted by Gasteiger charge is 2.09. The van der Waals surface area contributed by atoms with E-state index in [0.717, 1.165) is 32.7 Å². The van der Waals surface area contributed by atoms with Crippen molar-refractivity contribution in [3.8, 4) is 5.75 Å². The zero-order valence-electron chi connectivity index (χ0n) is 12.2. The average Bonchev–Trinajstić information content (AvgIpc) is 2.42. The van der Waals surface area contributed by atoms with Crippen molar-refractivity contribution in [1.82, 2.24) is 4.98 Å². The van der Waals surface area contributed by atoms with Gasteiger partial charge in [0.05, 0.1) is 19.3 Å². The molecule has 0 aliphatic heterocycles. The van der Waals surface area contributed by atoms with Crippen LogP contribution in [0.1, 0.15) is 22.4 Å². The van der Waals surface area contributed by atoms with Crippen LogP contribution in [0.3, 0.4) is 0 Å². The van der Waals surface area contributed by atoms with E-state index in [1.807, 2.05) is 26.1 Å². The number of benzene rings is 1. The molecular formula is C16H19BrN2O. The van der Waals surface area contributed by atoms with Gasteiger partial charge in [0.15, 0.2) is 0 Å². The number of nitrogens with one attached hydrogen (secondary N) is 1. The lowest BCUT2D eigenvalue weighted by molar-refractivity contribution is 0.407. The molecule has 2 rings (SSSR count). The molecule has 0 saturated heterocycles. The zero-order chi connectivity index (χ0) is 14.7. The Labute approximate surface area is 128 Å². The van der Waals surface area contributed by atoms with Crippen LogP contribution in [0.5, 0.6) is 5.75 Å². The van der Waals surface area contributed by atoms with E-state index in [2.05, 4.69) is 45.3 Å². The van der Waals surface area contributed by atoms with Gasteiger partial charge < -0.3 is 10.1 Å². The molecule has 1 heterocycles. The first-order chi connectivity index (χ1) is 9.52. The third kappa shape index (κ3) is 3.12. The van der Waals surface area contributed by atoms with Crippen LogP contribution >= 0.6 is 15.9 Å². The molecule has 20 heavy (non-hydrogen) atoms. The van der Waals surface area contributed by atoms with E-state index in [-0.39, 0.29) is 0 Å². The topological polar surface area (TPSA) is 34.1 Å². The number of nitrogens with zero attached hydrogens (tertiary/aromatic N) is 1. The monoisotopic (exact) mass is 334 g/mol. The number of aryl methyl sites for hydroxylation is 2. The minimum atomic E-state index is 0.680. The van der Waals surface area contributed by atoms with E-state index in [0.29, 0.717) is 6.54 Å². The van der Waals surface area contributed by atoms with Gasteiger partial charge in [-0.25, -0.2) is 0 Å². The molecule has 4 heteroatoms. The van der Waals surface area contributed by atoms with Crippen molar-refractivity contribution < 1.29 is 4.74 Å². The lowest BCUT2D eigenvalue weighted by Gasteiger charge is -2.14. The second-order valence-electron chi connectivity index (χ2n) is 4.86. The van der Waals surface area contributed by atoms with Gasteiger partial charge >= 0.3 is 0 Å². The summed E-state index contributed by atoms with van der Waals surface area (Å²) in [6.45, 7) is 6.82. The highest BCUT2D eigenvalue weighted by Crippen LogP contribution is 2.25. The molecule has 1 N–H and O–H groups in total. The minimum Gasteiger partial charge on any atom is -0.496 e. The molecular weight excluding hydrogens is 316 g/mol. The maximum absolute atomic E-state index is 5.44. The standard InChI is InChI=1S/C16H19BrN2O/c1-10-5-6-13(17)7-14(10)19-9-15-12(3)16(20-4)11(2)8-18-15/h5-8,19H,9H2,1-4H3. The molecule has 0 radical (unpaired) electrons.